The van der Waals surface area contributed by atoms with Gasteiger partial charge in [0.1, 0.15) is 0 Å². The predicted molar refractivity (Wildman–Crippen MR) is 26.6 cm³/mol. The second kappa shape index (κ2) is 5.08. The Hall–Kier alpha value is -0.0626. The standard InChI is InChI=1S/C5H9O2.Li/c1-4(2)5(6)7-3;/h1-3H3;/q-1;+1. The van der Waals surface area contributed by atoms with Crippen molar-refractivity contribution in [2.24, 2.45) is 0 Å². The van der Waals surface area contributed by atoms with Crippen LogP contribution in [0.15, 0.2) is 0 Å². The smallest absolute Gasteiger partial charge is 0.491 e. The van der Waals surface area contributed by atoms with Gasteiger partial charge in [-0.25, -0.2) is 0 Å². The SMILES string of the molecule is COC(=O)[C-](C)C.[Li+]. The summed E-state index contributed by atoms with van der Waals surface area (Å²) in [7, 11) is 1.37. The third-order valence-electron chi connectivity index (χ3n) is 0.594. The molecule has 0 amide bonds. The van der Waals surface area contributed by atoms with Gasteiger partial charge in [0.15, 0.2) is 5.97 Å². The number of hydrogen-bond donors (Lipinski definition) is 0. The van der Waals surface area contributed by atoms with Crippen molar-refractivity contribution < 1.29 is 28.4 Å². The first-order valence-electron chi connectivity index (χ1n) is 2.07. The molecule has 0 fully saturated rings. The first-order chi connectivity index (χ1) is 3.18. The van der Waals surface area contributed by atoms with Crippen molar-refractivity contribution >= 4 is 5.97 Å². The second-order valence-electron chi connectivity index (χ2n) is 1.49. The van der Waals surface area contributed by atoms with Crippen LogP contribution in [-0.2, 0) is 9.53 Å². The van der Waals surface area contributed by atoms with E-state index >= 15 is 0 Å². The Morgan fingerprint density at radius 1 is 1.50 bits per heavy atom. The minimum absolute atomic E-state index is 0. The van der Waals surface area contributed by atoms with E-state index in [2.05, 4.69) is 4.74 Å². The Balaban J connectivity index is 0. The van der Waals surface area contributed by atoms with Gasteiger partial charge in [-0.15, -0.1) is 0 Å². The van der Waals surface area contributed by atoms with E-state index in [1.54, 1.807) is 13.8 Å². The molecular weight excluding hydrogens is 99.0 g/mol. The summed E-state index contributed by atoms with van der Waals surface area (Å²) < 4.78 is 4.34. The minimum Gasteiger partial charge on any atom is -0.491 e. The van der Waals surface area contributed by atoms with Crippen molar-refractivity contribution in [2.75, 3.05) is 7.11 Å². The maximum absolute atomic E-state index is 10.3. The van der Waals surface area contributed by atoms with E-state index < -0.39 is 0 Å². The molecule has 0 aromatic heterocycles. The van der Waals surface area contributed by atoms with E-state index in [1.807, 2.05) is 0 Å². The van der Waals surface area contributed by atoms with Crippen molar-refractivity contribution in [3.63, 3.8) is 0 Å². The van der Waals surface area contributed by atoms with Gasteiger partial charge in [-0.2, -0.15) is 13.8 Å². The van der Waals surface area contributed by atoms with Gasteiger partial charge in [0.05, 0.1) is 7.11 Å². The van der Waals surface area contributed by atoms with Gasteiger partial charge >= 0.3 is 18.9 Å². The van der Waals surface area contributed by atoms with Crippen molar-refractivity contribution in [3.05, 3.63) is 5.92 Å². The fourth-order valence-corrected chi connectivity index (χ4v) is 0.204. The van der Waals surface area contributed by atoms with Crippen LogP contribution in [0, 0.1) is 5.92 Å². The molecule has 42 valence electrons. The maximum atomic E-state index is 10.3. The van der Waals surface area contributed by atoms with E-state index in [0.29, 0.717) is 5.92 Å². The Kier molecular flexibility index (Phi) is 6.88. The molecule has 0 unspecified atom stereocenters. The van der Waals surface area contributed by atoms with Gasteiger partial charge in [0.25, 0.3) is 0 Å². The normalized spacial score (nSPS) is 6.88. The Morgan fingerprint density at radius 2 is 1.88 bits per heavy atom. The summed E-state index contributed by atoms with van der Waals surface area (Å²) in [6.45, 7) is 3.43. The molecule has 0 aliphatic rings. The zero-order valence-electron chi connectivity index (χ0n) is 5.82. The van der Waals surface area contributed by atoms with Crippen molar-refractivity contribution in [2.45, 2.75) is 13.8 Å². The maximum Gasteiger partial charge on any atom is 1.00 e. The summed E-state index contributed by atoms with van der Waals surface area (Å²) in [5, 5.41) is 0. The van der Waals surface area contributed by atoms with Crippen LogP contribution in [0.5, 0.6) is 0 Å². The molecule has 0 radical (unpaired) electrons. The van der Waals surface area contributed by atoms with E-state index in [-0.39, 0.29) is 24.8 Å². The van der Waals surface area contributed by atoms with Crippen LogP contribution in [0.2, 0.25) is 0 Å². The predicted octanol–water partition coefficient (Wildman–Crippen LogP) is -2.22. The molecule has 0 aliphatic heterocycles. The van der Waals surface area contributed by atoms with E-state index in [1.165, 1.54) is 7.11 Å². The molecular formula is C5H9LiO2. The molecule has 0 saturated carbocycles. The first kappa shape index (κ1) is 10.8. The quantitative estimate of drug-likeness (QED) is 0.216. The largest absolute Gasteiger partial charge is 1.00 e. The zero-order chi connectivity index (χ0) is 5.86. The molecule has 3 heteroatoms. The molecule has 0 atom stereocenters. The minimum atomic E-state index is -0.236. The molecule has 0 aliphatic carbocycles. The molecule has 2 nitrogen and oxygen atoms in total. The molecule has 0 saturated heterocycles. The average Bonchev–Trinajstić information content (AvgIpc) is 1.65. The zero-order valence-corrected chi connectivity index (χ0v) is 5.82. The monoisotopic (exact) mass is 108 g/mol. The van der Waals surface area contributed by atoms with Gasteiger partial charge in [0, 0.05) is 0 Å². The van der Waals surface area contributed by atoms with Gasteiger partial charge in [-0.05, 0) is 0 Å². The summed E-state index contributed by atoms with van der Waals surface area (Å²) in [6, 6.07) is 0. The van der Waals surface area contributed by atoms with Crippen LogP contribution in [-0.4, -0.2) is 13.1 Å². The fourth-order valence-electron chi connectivity index (χ4n) is 0.204. The van der Waals surface area contributed by atoms with Crippen LogP contribution in [0.1, 0.15) is 13.8 Å². The van der Waals surface area contributed by atoms with Crippen LogP contribution >= 0.6 is 0 Å². The Bertz CT molecular complexity index is 70.8. The molecule has 0 bridgehead atoms. The van der Waals surface area contributed by atoms with Gasteiger partial charge in [-0.1, -0.05) is 0 Å². The summed E-state index contributed by atoms with van der Waals surface area (Å²) in [5.74, 6) is 0.447. The molecule has 0 aromatic rings. The number of carbonyl (C=O) groups excluding carboxylic acids is 1. The molecule has 0 aromatic carbocycles. The fraction of sp³-hybridized carbons (Fsp3) is 0.600. The van der Waals surface area contributed by atoms with E-state index in [0.717, 1.165) is 0 Å². The average molecular weight is 108 g/mol. The number of carbonyl (C=O) groups is 1. The van der Waals surface area contributed by atoms with E-state index in [4.69, 9.17) is 0 Å². The number of hydrogen-bond acceptors (Lipinski definition) is 2. The molecule has 0 spiro atoms. The first-order valence-corrected chi connectivity index (χ1v) is 2.07. The van der Waals surface area contributed by atoms with Crippen molar-refractivity contribution in [1.29, 1.82) is 0 Å². The molecule has 0 rings (SSSR count). The van der Waals surface area contributed by atoms with Gasteiger partial charge in [-0.3, -0.25) is 10.7 Å². The molecule has 8 heavy (non-hydrogen) atoms. The van der Waals surface area contributed by atoms with Crippen LogP contribution < -0.4 is 18.9 Å². The van der Waals surface area contributed by atoms with Gasteiger partial charge in [0.2, 0.25) is 0 Å². The Morgan fingerprint density at radius 3 is 1.88 bits per heavy atom. The molecule has 0 heterocycles. The third kappa shape index (κ3) is 4.11. The third-order valence-corrected chi connectivity index (χ3v) is 0.594. The summed E-state index contributed by atoms with van der Waals surface area (Å²) in [6.07, 6.45) is 0. The summed E-state index contributed by atoms with van der Waals surface area (Å²) in [4.78, 5) is 10.3. The van der Waals surface area contributed by atoms with Crippen LogP contribution in [0.25, 0.3) is 0 Å². The van der Waals surface area contributed by atoms with Crippen molar-refractivity contribution in [3.8, 4) is 0 Å². The number of ether oxygens (including phenoxy) is 1. The number of methoxy groups -OCH3 is 1. The van der Waals surface area contributed by atoms with Crippen molar-refractivity contribution in [1.82, 2.24) is 0 Å². The van der Waals surface area contributed by atoms with Crippen LogP contribution in [0.4, 0.5) is 0 Å². The number of esters is 1. The topological polar surface area (TPSA) is 26.3 Å². The second-order valence-corrected chi connectivity index (χ2v) is 1.49. The molecule has 0 N–H and O–H groups in total. The van der Waals surface area contributed by atoms with E-state index in [9.17, 15) is 4.79 Å². The van der Waals surface area contributed by atoms with Gasteiger partial charge < -0.3 is 4.74 Å². The summed E-state index contributed by atoms with van der Waals surface area (Å²) >= 11 is 0. The Labute approximate surface area is 61.8 Å². The summed E-state index contributed by atoms with van der Waals surface area (Å²) in [5.41, 5.74) is 0. The number of rotatable bonds is 1. The van der Waals surface area contributed by atoms with Crippen LogP contribution in [0.3, 0.4) is 0 Å².